The number of benzene rings is 2. The van der Waals surface area contributed by atoms with Gasteiger partial charge in [-0.15, -0.1) is 0 Å². The third-order valence-corrected chi connectivity index (χ3v) is 4.12. The average molecular weight is 353 g/mol. The number of nitrogens with zero attached hydrogens (tertiary/aromatic N) is 1. The molecule has 1 aliphatic rings. The van der Waals surface area contributed by atoms with Gasteiger partial charge < -0.3 is 20.6 Å². The van der Waals surface area contributed by atoms with Gasteiger partial charge in [-0.25, -0.2) is 0 Å². The molecule has 1 saturated heterocycles. The first-order valence-corrected chi connectivity index (χ1v) is 8.25. The number of rotatable bonds is 5. The van der Waals surface area contributed by atoms with Crippen LogP contribution in [0.25, 0.3) is 0 Å². The molecule has 3 N–H and O–H groups in total. The van der Waals surface area contributed by atoms with Gasteiger partial charge in [-0.05, 0) is 24.3 Å². The van der Waals surface area contributed by atoms with E-state index < -0.39 is 11.8 Å². The summed E-state index contributed by atoms with van der Waals surface area (Å²) in [6, 6.07) is 15.3. The molecule has 2 aromatic rings. The Hall–Kier alpha value is -3.35. The Kier molecular flexibility index (Phi) is 5.17. The minimum Gasteiger partial charge on any atom is -0.508 e. The molecule has 0 saturated carbocycles. The van der Waals surface area contributed by atoms with Gasteiger partial charge in [-0.2, -0.15) is 0 Å². The lowest BCUT2D eigenvalue weighted by Gasteiger charge is -2.16. The van der Waals surface area contributed by atoms with Gasteiger partial charge >= 0.3 is 0 Å². The van der Waals surface area contributed by atoms with Crippen molar-refractivity contribution in [3.63, 3.8) is 0 Å². The fraction of sp³-hybridized carbons (Fsp3) is 0.211. The monoisotopic (exact) mass is 353 g/mol. The highest BCUT2D eigenvalue weighted by molar-refractivity contribution is 6.01. The first kappa shape index (κ1) is 17.5. The van der Waals surface area contributed by atoms with Crippen LogP contribution in [0, 0.1) is 5.92 Å². The summed E-state index contributed by atoms with van der Waals surface area (Å²) in [5, 5.41) is 14.5. The van der Waals surface area contributed by atoms with Crippen LogP contribution in [0.5, 0.6) is 5.75 Å². The van der Waals surface area contributed by atoms with E-state index in [9.17, 15) is 19.5 Å². The number of nitrogens with one attached hydrogen (secondary N) is 2. The van der Waals surface area contributed by atoms with Gasteiger partial charge in [0.05, 0.1) is 12.5 Å². The summed E-state index contributed by atoms with van der Waals surface area (Å²) < 4.78 is 0. The van der Waals surface area contributed by atoms with Gasteiger partial charge in [0.2, 0.25) is 17.7 Å². The van der Waals surface area contributed by atoms with Crippen molar-refractivity contribution in [2.24, 2.45) is 5.92 Å². The zero-order valence-electron chi connectivity index (χ0n) is 14.0. The van der Waals surface area contributed by atoms with Gasteiger partial charge in [0, 0.05) is 30.4 Å². The number of amides is 3. The molecule has 0 spiro atoms. The largest absolute Gasteiger partial charge is 0.508 e. The van der Waals surface area contributed by atoms with Gasteiger partial charge in [0.15, 0.2) is 0 Å². The van der Waals surface area contributed by atoms with Gasteiger partial charge in [-0.3, -0.25) is 14.4 Å². The normalized spacial score (nSPS) is 16.4. The molecule has 3 amide bonds. The Bertz CT molecular complexity index is 823. The molecule has 1 heterocycles. The van der Waals surface area contributed by atoms with Crippen molar-refractivity contribution in [3.05, 3.63) is 54.6 Å². The molecule has 26 heavy (non-hydrogen) atoms. The van der Waals surface area contributed by atoms with Crippen LogP contribution in [0.2, 0.25) is 0 Å². The molecule has 1 fully saturated rings. The summed E-state index contributed by atoms with van der Waals surface area (Å²) in [7, 11) is 0. The van der Waals surface area contributed by atoms with Gasteiger partial charge in [-0.1, -0.05) is 24.3 Å². The fourth-order valence-corrected chi connectivity index (χ4v) is 2.84. The van der Waals surface area contributed by atoms with Crippen LogP contribution in [0.15, 0.2) is 54.6 Å². The lowest BCUT2D eigenvalue weighted by atomic mass is 10.1. The lowest BCUT2D eigenvalue weighted by molar-refractivity contribution is -0.127. The smallest absolute Gasteiger partial charge is 0.243 e. The van der Waals surface area contributed by atoms with Crippen molar-refractivity contribution < 1.29 is 19.5 Å². The minimum atomic E-state index is -0.490. The number of carbonyl (C=O) groups is 3. The molecule has 134 valence electrons. The zero-order chi connectivity index (χ0) is 18.5. The zero-order valence-corrected chi connectivity index (χ0v) is 14.0. The molecule has 0 aliphatic carbocycles. The van der Waals surface area contributed by atoms with Crippen LogP contribution >= 0.6 is 0 Å². The van der Waals surface area contributed by atoms with Crippen LogP contribution < -0.4 is 15.5 Å². The fourth-order valence-electron chi connectivity index (χ4n) is 2.84. The Balaban J connectivity index is 1.51. The minimum absolute atomic E-state index is 0.0392. The van der Waals surface area contributed by atoms with E-state index in [1.807, 2.05) is 30.3 Å². The molecular weight excluding hydrogens is 334 g/mol. The predicted octanol–water partition coefficient (Wildman–Crippen LogP) is 1.50. The summed E-state index contributed by atoms with van der Waals surface area (Å²) in [5.74, 6) is -1.30. The number of phenolic OH excluding ortho intramolecular Hbond substituents is 1. The van der Waals surface area contributed by atoms with Crippen molar-refractivity contribution in [1.29, 1.82) is 0 Å². The first-order valence-electron chi connectivity index (χ1n) is 8.25. The predicted molar refractivity (Wildman–Crippen MR) is 96.6 cm³/mol. The van der Waals surface area contributed by atoms with E-state index in [4.69, 9.17) is 0 Å². The van der Waals surface area contributed by atoms with Crippen LogP contribution in [0.4, 0.5) is 11.4 Å². The van der Waals surface area contributed by atoms with Crippen LogP contribution in [-0.4, -0.2) is 35.9 Å². The molecule has 0 radical (unpaired) electrons. The van der Waals surface area contributed by atoms with E-state index in [-0.39, 0.29) is 30.5 Å². The Labute approximate surface area is 150 Å². The average Bonchev–Trinajstić information content (AvgIpc) is 3.02. The molecule has 0 aromatic heterocycles. The van der Waals surface area contributed by atoms with Crippen LogP contribution in [0.3, 0.4) is 0 Å². The molecule has 1 unspecified atom stereocenters. The van der Waals surface area contributed by atoms with E-state index >= 15 is 0 Å². The van der Waals surface area contributed by atoms with Crippen LogP contribution in [-0.2, 0) is 14.4 Å². The van der Waals surface area contributed by atoms with E-state index in [0.29, 0.717) is 12.2 Å². The van der Waals surface area contributed by atoms with Crippen molar-refractivity contribution in [2.45, 2.75) is 6.42 Å². The summed E-state index contributed by atoms with van der Waals surface area (Å²) in [6.45, 7) is 0.0906. The van der Waals surface area contributed by atoms with Crippen molar-refractivity contribution >= 4 is 29.1 Å². The van der Waals surface area contributed by atoms with E-state index in [1.54, 1.807) is 17.0 Å². The number of aromatic hydroxyl groups is 1. The molecular formula is C19H19N3O4. The van der Waals surface area contributed by atoms with Gasteiger partial charge in [0.25, 0.3) is 0 Å². The summed E-state index contributed by atoms with van der Waals surface area (Å²) >= 11 is 0. The number of phenols is 1. The Morgan fingerprint density at radius 3 is 2.62 bits per heavy atom. The third-order valence-electron chi connectivity index (χ3n) is 4.12. The maximum Gasteiger partial charge on any atom is 0.243 e. The molecule has 7 nitrogen and oxygen atoms in total. The molecule has 1 aliphatic heterocycles. The molecule has 1 atom stereocenters. The summed E-state index contributed by atoms with van der Waals surface area (Å²) in [5.41, 5.74) is 1.20. The van der Waals surface area contributed by atoms with Crippen molar-refractivity contribution in [2.75, 3.05) is 23.3 Å². The maximum atomic E-state index is 12.3. The number of para-hydroxylation sites is 1. The number of hydrogen-bond acceptors (Lipinski definition) is 4. The quantitative estimate of drug-likeness (QED) is 0.759. The number of hydrogen-bond donors (Lipinski definition) is 3. The second-order valence-corrected chi connectivity index (χ2v) is 6.06. The molecule has 7 heteroatoms. The Morgan fingerprint density at radius 2 is 1.88 bits per heavy atom. The van der Waals surface area contributed by atoms with Crippen LogP contribution in [0.1, 0.15) is 6.42 Å². The number of carbonyl (C=O) groups excluding carboxylic acids is 3. The van der Waals surface area contributed by atoms with Crippen molar-refractivity contribution in [3.8, 4) is 5.75 Å². The highest BCUT2D eigenvalue weighted by Gasteiger charge is 2.35. The highest BCUT2D eigenvalue weighted by Crippen LogP contribution is 2.24. The van der Waals surface area contributed by atoms with E-state index in [1.165, 1.54) is 12.1 Å². The first-order chi connectivity index (χ1) is 12.5. The molecule has 3 rings (SSSR count). The topological polar surface area (TPSA) is 98.7 Å². The second-order valence-electron chi connectivity index (χ2n) is 6.06. The van der Waals surface area contributed by atoms with E-state index in [0.717, 1.165) is 5.69 Å². The SMILES string of the molecule is O=C(CNC(=O)C1CC(=O)N(c2ccccc2)C1)Nc1cccc(O)c1. The lowest BCUT2D eigenvalue weighted by Crippen LogP contribution is -2.37. The maximum absolute atomic E-state index is 12.3. The summed E-state index contributed by atoms with van der Waals surface area (Å²) in [6.07, 6.45) is 0.120. The molecule has 0 bridgehead atoms. The second kappa shape index (κ2) is 7.69. The highest BCUT2D eigenvalue weighted by atomic mass is 16.3. The Morgan fingerprint density at radius 1 is 1.12 bits per heavy atom. The summed E-state index contributed by atoms with van der Waals surface area (Å²) in [4.78, 5) is 37.9. The standard InChI is InChI=1S/C19H19N3O4/c23-16-8-4-5-14(10-16)21-17(24)11-20-19(26)13-9-18(25)22(12-13)15-6-2-1-3-7-15/h1-8,10,13,23H,9,11-12H2,(H,20,26)(H,21,24). The van der Waals surface area contributed by atoms with Crippen molar-refractivity contribution in [1.82, 2.24) is 5.32 Å². The van der Waals surface area contributed by atoms with Gasteiger partial charge in [0.1, 0.15) is 5.75 Å². The molecule has 2 aromatic carbocycles. The number of anilines is 2. The third kappa shape index (κ3) is 4.18. The van der Waals surface area contributed by atoms with E-state index in [2.05, 4.69) is 10.6 Å².